The zero-order chi connectivity index (χ0) is 15.4. The van der Waals surface area contributed by atoms with Crippen LogP contribution in [0, 0.1) is 0 Å². The lowest BCUT2D eigenvalue weighted by molar-refractivity contribution is -0.118. The van der Waals surface area contributed by atoms with Crippen LogP contribution >= 0.6 is 23.5 Å². The fourth-order valence-electron chi connectivity index (χ4n) is 2.64. The summed E-state index contributed by atoms with van der Waals surface area (Å²) in [6, 6.07) is 7.82. The van der Waals surface area contributed by atoms with Crippen molar-refractivity contribution in [2.75, 3.05) is 12.4 Å². The third-order valence-corrected chi connectivity index (χ3v) is 6.29. The van der Waals surface area contributed by atoms with E-state index >= 15 is 0 Å². The molecule has 6 heteroatoms. The summed E-state index contributed by atoms with van der Waals surface area (Å²) in [4.78, 5) is 22.7. The summed E-state index contributed by atoms with van der Waals surface area (Å²) in [5, 5.41) is 2.51. The zero-order valence-electron chi connectivity index (χ0n) is 12.2. The molecule has 2 amide bonds. The Kier molecular flexibility index (Phi) is 5.31. The lowest BCUT2D eigenvalue weighted by Gasteiger charge is -2.11. The van der Waals surface area contributed by atoms with E-state index in [1.54, 1.807) is 0 Å². The molecule has 0 spiro atoms. The quantitative estimate of drug-likeness (QED) is 0.863. The van der Waals surface area contributed by atoms with Gasteiger partial charge in [-0.1, -0.05) is 23.9 Å². The Morgan fingerprint density at radius 1 is 1.23 bits per heavy atom. The maximum atomic E-state index is 11.5. The highest BCUT2D eigenvalue weighted by Crippen LogP contribution is 2.29. The molecule has 2 atom stereocenters. The van der Waals surface area contributed by atoms with Crippen LogP contribution in [-0.2, 0) is 11.2 Å². The second kappa shape index (κ2) is 7.42. The van der Waals surface area contributed by atoms with E-state index < -0.39 is 0 Å². The van der Waals surface area contributed by atoms with Gasteiger partial charge in [-0.3, -0.25) is 14.9 Å². The van der Waals surface area contributed by atoms with Crippen LogP contribution in [0.3, 0.4) is 0 Å². The Morgan fingerprint density at radius 2 is 2.05 bits per heavy atom. The maximum absolute atomic E-state index is 11.5. The van der Waals surface area contributed by atoms with Crippen molar-refractivity contribution >= 4 is 34.7 Å². The second-order valence-electron chi connectivity index (χ2n) is 5.50. The average Bonchev–Trinajstić information content (AvgIpc) is 3.11. The molecule has 3 rings (SSSR count). The van der Waals surface area contributed by atoms with Crippen LogP contribution in [0.15, 0.2) is 24.3 Å². The summed E-state index contributed by atoms with van der Waals surface area (Å²) < 4.78 is 5.78. The van der Waals surface area contributed by atoms with Crippen molar-refractivity contribution in [3.05, 3.63) is 29.8 Å². The number of carbonyl (C=O) groups is 2. The van der Waals surface area contributed by atoms with Gasteiger partial charge in [-0.2, -0.15) is 11.8 Å². The number of nitrogens with one attached hydrogen (secondary N) is 1. The molecule has 2 aliphatic heterocycles. The van der Waals surface area contributed by atoms with E-state index in [0.29, 0.717) is 6.42 Å². The Labute approximate surface area is 138 Å². The first-order valence-corrected chi connectivity index (χ1v) is 9.48. The fourth-order valence-corrected chi connectivity index (χ4v) is 4.77. The van der Waals surface area contributed by atoms with Crippen LogP contribution in [-0.4, -0.2) is 34.0 Å². The monoisotopic (exact) mass is 337 g/mol. The summed E-state index contributed by atoms with van der Waals surface area (Å²) in [5.41, 5.74) is 1.04. The van der Waals surface area contributed by atoms with Gasteiger partial charge in [0.25, 0.3) is 5.24 Å². The summed E-state index contributed by atoms with van der Waals surface area (Å²) >= 11 is 3.12. The summed E-state index contributed by atoms with van der Waals surface area (Å²) in [5.74, 6) is 1.96. The molecular formula is C16H19NO3S2. The highest BCUT2D eigenvalue weighted by Gasteiger charge is 2.31. The molecule has 0 aliphatic carbocycles. The van der Waals surface area contributed by atoms with Crippen molar-refractivity contribution in [1.82, 2.24) is 5.32 Å². The van der Waals surface area contributed by atoms with Crippen LogP contribution in [0.4, 0.5) is 4.79 Å². The first-order valence-electron chi connectivity index (χ1n) is 7.55. The molecule has 2 aliphatic rings. The molecule has 0 bridgehead atoms. The Morgan fingerprint density at radius 3 is 2.68 bits per heavy atom. The van der Waals surface area contributed by atoms with E-state index in [0.717, 1.165) is 41.4 Å². The van der Waals surface area contributed by atoms with Gasteiger partial charge in [-0.05, 0) is 49.1 Å². The summed E-state index contributed by atoms with van der Waals surface area (Å²) in [7, 11) is 0. The number of ether oxygens (including phenoxy) is 1. The lowest BCUT2D eigenvalue weighted by Crippen LogP contribution is -2.25. The van der Waals surface area contributed by atoms with Gasteiger partial charge in [0.2, 0.25) is 5.91 Å². The lowest BCUT2D eigenvalue weighted by atomic mass is 10.1. The normalized spacial score (nSPS) is 24.5. The first-order chi connectivity index (χ1) is 10.7. The highest BCUT2D eigenvalue weighted by atomic mass is 32.2. The minimum Gasteiger partial charge on any atom is -0.494 e. The topological polar surface area (TPSA) is 55.4 Å². The largest absolute Gasteiger partial charge is 0.494 e. The number of carbonyl (C=O) groups excluding carboxylic acids is 2. The molecule has 0 saturated carbocycles. The van der Waals surface area contributed by atoms with Crippen molar-refractivity contribution in [3.8, 4) is 5.75 Å². The van der Waals surface area contributed by atoms with Crippen molar-refractivity contribution in [2.24, 2.45) is 0 Å². The number of amides is 2. The van der Waals surface area contributed by atoms with Crippen LogP contribution in [0.5, 0.6) is 5.75 Å². The van der Waals surface area contributed by atoms with Gasteiger partial charge in [0.1, 0.15) is 5.75 Å². The molecule has 4 nitrogen and oxygen atoms in total. The van der Waals surface area contributed by atoms with Gasteiger partial charge in [0.05, 0.1) is 11.9 Å². The van der Waals surface area contributed by atoms with E-state index in [2.05, 4.69) is 17.1 Å². The highest BCUT2D eigenvalue weighted by molar-refractivity contribution is 8.15. The molecule has 1 aromatic carbocycles. The number of hydrogen-bond donors (Lipinski definition) is 1. The van der Waals surface area contributed by atoms with E-state index in [-0.39, 0.29) is 16.4 Å². The number of rotatable bonds is 6. The van der Waals surface area contributed by atoms with Crippen LogP contribution in [0.1, 0.15) is 24.8 Å². The number of benzene rings is 1. The van der Waals surface area contributed by atoms with Gasteiger partial charge >= 0.3 is 0 Å². The Balaban J connectivity index is 1.45. The van der Waals surface area contributed by atoms with E-state index in [1.807, 2.05) is 24.3 Å². The van der Waals surface area contributed by atoms with Gasteiger partial charge in [-0.25, -0.2) is 0 Å². The molecular weight excluding hydrogens is 318 g/mol. The van der Waals surface area contributed by atoms with E-state index in [4.69, 9.17) is 4.74 Å². The van der Waals surface area contributed by atoms with Gasteiger partial charge in [0.15, 0.2) is 0 Å². The summed E-state index contributed by atoms with van der Waals surface area (Å²) in [6.07, 6.45) is 4.32. The summed E-state index contributed by atoms with van der Waals surface area (Å²) in [6.45, 7) is 0.756. The minimum atomic E-state index is -0.307. The Bertz CT molecular complexity index is 541. The number of hydrogen-bond acceptors (Lipinski definition) is 5. The third kappa shape index (κ3) is 4.20. The third-order valence-electron chi connectivity index (χ3n) is 3.84. The molecule has 1 aromatic rings. The van der Waals surface area contributed by atoms with Crippen molar-refractivity contribution < 1.29 is 14.3 Å². The van der Waals surface area contributed by atoms with E-state index in [1.165, 1.54) is 18.6 Å². The van der Waals surface area contributed by atoms with Gasteiger partial charge in [0, 0.05) is 5.25 Å². The molecule has 2 fully saturated rings. The van der Waals surface area contributed by atoms with Crippen LogP contribution in [0.2, 0.25) is 0 Å². The van der Waals surface area contributed by atoms with Gasteiger partial charge < -0.3 is 4.74 Å². The van der Waals surface area contributed by atoms with E-state index in [9.17, 15) is 9.59 Å². The predicted octanol–water partition coefficient (Wildman–Crippen LogP) is 3.25. The average molecular weight is 337 g/mol. The minimum absolute atomic E-state index is 0.190. The molecule has 2 unspecified atom stereocenters. The fraction of sp³-hybridized carbons (Fsp3) is 0.500. The molecule has 0 radical (unpaired) electrons. The van der Waals surface area contributed by atoms with Crippen LogP contribution < -0.4 is 10.1 Å². The molecule has 2 saturated heterocycles. The second-order valence-corrected chi connectivity index (χ2v) is 8.09. The SMILES string of the molecule is O=C1NC(=O)C(Cc2ccc(OCCC3CCCS3)cc2)S1. The molecule has 22 heavy (non-hydrogen) atoms. The number of imide groups is 1. The predicted molar refractivity (Wildman–Crippen MR) is 90.7 cm³/mol. The van der Waals surface area contributed by atoms with Crippen molar-refractivity contribution in [2.45, 2.75) is 36.2 Å². The Hall–Kier alpha value is -1.14. The number of thioether (sulfide) groups is 2. The molecule has 0 aromatic heterocycles. The van der Waals surface area contributed by atoms with Crippen molar-refractivity contribution in [1.29, 1.82) is 0 Å². The molecule has 118 valence electrons. The maximum Gasteiger partial charge on any atom is 0.286 e. The zero-order valence-corrected chi connectivity index (χ0v) is 13.9. The van der Waals surface area contributed by atoms with Gasteiger partial charge in [-0.15, -0.1) is 0 Å². The van der Waals surface area contributed by atoms with Crippen LogP contribution in [0.25, 0.3) is 0 Å². The molecule has 1 N–H and O–H groups in total. The molecule has 2 heterocycles. The smallest absolute Gasteiger partial charge is 0.286 e. The van der Waals surface area contributed by atoms with Crippen molar-refractivity contribution in [3.63, 3.8) is 0 Å². The first kappa shape index (κ1) is 15.7. The standard InChI is InChI=1S/C16H19NO3S2/c18-15-14(22-16(19)17-15)10-11-3-5-12(6-4-11)20-8-7-13-2-1-9-21-13/h3-6,13-14H,1-2,7-10H2,(H,17,18,19).